The number of pyridine rings is 1. The standard InChI is InChI=1S/C35H32F3N7O3/c1-34(19-48-20-34)33(47)44-15-5-8-24(18-44)31-43-28(29-30(39)41-17-26(45(29)31)21-6-3-2-4-7-21)22-9-11-23(12-10-22)32(46)42-27-16-25(13-14-40-27)35(36,37)38/h2-4,6-7,9-14,16-17,24H,5,8,15,18-20H2,1H3,(H2,39,41)(H,40,42,46). The fourth-order valence-corrected chi connectivity index (χ4v) is 6.38. The molecule has 3 N–H and O–H groups in total. The highest BCUT2D eigenvalue weighted by atomic mass is 19.4. The smallest absolute Gasteiger partial charge is 0.382 e. The first-order valence-corrected chi connectivity index (χ1v) is 15.6. The summed E-state index contributed by atoms with van der Waals surface area (Å²) in [5.41, 5.74) is 8.86. The molecule has 0 spiro atoms. The van der Waals surface area contributed by atoms with Crippen LogP contribution in [0.15, 0.2) is 79.1 Å². The van der Waals surface area contributed by atoms with E-state index < -0.39 is 23.1 Å². The molecule has 48 heavy (non-hydrogen) atoms. The number of hydrogen-bond donors (Lipinski definition) is 2. The maximum atomic E-state index is 13.5. The van der Waals surface area contributed by atoms with E-state index in [4.69, 9.17) is 15.5 Å². The number of aromatic nitrogens is 4. The lowest BCUT2D eigenvalue weighted by Gasteiger charge is -2.42. The zero-order valence-electron chi connectivity index (χ0n) is 26.0. The maximum Gasteiger partial charge on any atom is 0.416 e. The number of fused-ring (bicyclic) bond motifs is 1. The quantitative estimate of drug-likeness (QED) is 0.228. The van der Waals surface area contributed by atoms with E-state index >= 15 is 0 Å². The molecule has 2 aliphatic rings. The number of nitrogen functional groups attached to an aromatic ring is 1. The largest absolute Gasteiger partial charge is 0.416 e. The number of alkyl halides is 3. The highest BCUT2D eigenvalue weighted by Gasteiger charge is 2.45. The van der Waals surface area contributed by atoms with Gasteiger partial charge >= 0.3 is 6.18 Å². The Balaban J connectivity index is 1.26. The summed E-state index contributed by atoms with van der Waals surface area (Å²) >= 11 is 0. The first-order valence-electron chi connectivity index (χ1n) is 15.6. The minimum absolute atomic E-state index is 0.0817. The van der Waals surface area contributed by atoms with Crippen LogP contribution in [0.5, 0.6) is 0 Å². The van der Waals surface area contributed by atoms with Gasteiger partial charge < -0.3 is 20.7 Å². The molecule has 13 heteroatoms. The maximum absolute atomic E-state index is 13.5. The third-order valence-corrected chi connectivity index (χ3v) is 8.96. The number of carbonyl (C=O) groups excluding carboxylic acids is 2. The molecule has 2 aromatic carbocycles. The van der Waals surface area contributed by atoms with Gasteiger partial charge in [-0.3, -0.25) is 14.0 Å². The zero-order chi connectivity index (χ0) is 33.6. The molecule has 1 atom stereocenters. The molecular formula is C35H32F3N7O3. The van der Waals surface area contributed by atoms with Gasteiger partial charge in [0.05, 0.1) is 36.1 Å². The number of halogens is 3. The van der Waals surface area contributed by atoms with Crippen LogP contribution < -0.4 is 11.1 Å². The molecule has 0 saturated carbocycles. The number of piperidine rings is 1. The summed E-state index contributed by atoms with van der Waals surface area (Å²) in [6.07, 6.45) is -0.227. The molecule has 3 aromatic heterocycles. The predicted molar refractivity (Wildman–Crippen MR) is 173 cm³/mol. The second-order valence-corrected chi connectivity index (χ2v) is 12.5. The molecule has 0 bridgehead atoms. The number of carbonyl (C=O) groups is 2. The van der Waals surface area contributed by atoms with Gasteiger partial charge in [-0.25, -0.2) is 15.0 Å². The van der Waals surface area contributed by atoms with Crippen molar-refractivity contribution in [3.8, 4) is 22.5 Å². The van der Waals surface area contributed by atoms with Crippen molar-refractivity contribution in [2.24, 2.45) is 5.41 Å². The number of nitrogens with zero attached hydrogens (tertiary/aromatic N) is 5. The Hall–Kier alpha value is -5.30. The van der Waals surface area contributed by atoms with Gasteiger partial charge in [0.2, 0.25) is 5.91 Å². The average molecular weight is 656 g/mol. The second-order valence-electron chi connectivity index (χ2n) is 12.5. The normalized spacial score (nSPS) is 17.6. The number of likely N-dealkylation sites (tertiary alicyclic amines) is 1. The number of benzene rings is 2. The van der Waals surface area contributed by atoms with Gasteiger partial charge in [0.15, 0.2) is 0 Å². The molecule has 5 heterocycles. The van der Waals surface area contributed by atoms with Gasteiger partial charge in [-0.1, -0.05) is 42.5 Å². The van der Waals surface area contributed by atoms with Crippen molar-refractivity contribution in [3.05, 3.63) is 96.1 Å². The van der Waals surface area contributed by atoms with E-state index in [9.17, 15) is 22.8 Å². The lowest BCUT2D eigenvalue weighted by Crippen LogP contribution is -2.55. The summed E-state index contributed by atoms with van der Waals surface area (Å²) in [4.78, 5) is 41.9. The number of hydrogen-bond acceptors (Lipinski definition) is 7. The molecule has 2 fully saturated rings. The van der Waals surface area contributed by atoms with Crippen molar-refractivity contribution in [1.29, 1.82) is 0 Å². The molecule has 5 aromatic rings. The number of rotatable bonds is 6. The summed E-state index contributed by atoms with van der Waals surface area (Å²) in [5, 5.41) is 2.43. The minimum atomic E-state index is -4.57. The highest BCUT2D eigenvalue weighted by molar-refractivity contribution is 6.04. The van der Waals surface area contributed by atoms with Crippen LogP contribution in [0.25, 0.3) is 28.0 Å². The average Bonchev–Trinajstić information content (AvgIpc) is 3.49. The Morgan fingerprint density at radius 3 is 2.46 bits per heavy atom. The number of amides is 2. The van der Waals surface area contributed by atoms with Gasteiger partial charge in [0.25, 0.3) is 5.91 Å². The number of nitrogens with one attached hydrogen (secondary N) is 1. The van der Waals surface area contributed by atoms with E-state index in [2.05, 4.69) is 15.3 Å². The topological polar surface area (TPSA) is 128 Å². The molecule has 2 aliphatic heterocycles. The SMILES string of the molecule is CC1(C(=O)N2CCCC(c3nc(-c4ccc(C(=O)Nc5cc(C(F)(F)F)ccn5)cc4)c4c(N)ncc(-c5ccccc5)n34)C2)COC1. The fourth-order valence-electron chi connectivity index (χ4n) is 6.38. The molecule has 2 amide bonds. The molecule has 10 nitrogen and oxygen atoms in total. The van der Waals surface area contributed by atoms with E-state index in [0.717, 1.165) is 48.3 Å². The van der Waals surface area contributed by atoms with Gasteiger partial charge in [-0.2, -0.15) is 13.2 Å². The Kier molecular flexibility index (Phi) is 7.86. The summed E-state index contributed by atoms with van der Waals surface area (Å²) in [5.74, 6) is 0.172. The third kappa shape index (κ3) is 5.74. The summed E-state index contributed by atoms with van der Waals surface area (Å²) in [6.45, 7) is 3.91. The number of nitrogens with two attached hydrogens (primary N) is 1. The lowest BCUT2D eigenvalue weighted by molar-refractivity contribution is -0.170. The van der Waals surface area contributed by atoms with Crippen LogP contribution in [0.2, 0.25) is 0 Å². The van der Waals surface area contributed by atoms with Gasteiger partial charge in [0, 0.05) is 41.9 Å². The first kappa shape index (κ1) is 31.3. The van der Waals surface area contributed by atoms with Gasteiger partial charge in [0.1, 0.15) is 28.7 Å². The molecule has 0 aliphatic carbocycles. The van der Waals surface area contributed by atoms with Crippen molar-refractivity contribution in [1.82, 2.24) is 24.3 Å². The Labute approximate surface area is 273 Å². The van der Waals surface area contributed by atoms with Crippen LogP contribution >= 0.6 is 0 Å². The molecule has 7 rings (SSSR count). The molecule has 0 radical (unpaired) electrons. The second kappa shape index (κ2) is 12.1. The van der Waals surface area contributed by atoms with Gasteiger partial charge in [-0.05, 0) is 44.0 Å². The van der Waals surface area contributed by atoms with Crippen molar-refractivity contribution in [2.75, 3.05) is 37.4 Å². The molecule has 246 valence electrons. The van der Waals surface area contributed by atoms with Crippen LogP contribution in [0.4, 0.5) is 24.8 Å². The van der Waals surface area contributed by atoms with E-state index in [0.29, 0.717) is 43.1 Å². The van der Waals surface area contributed by atoms with E-state index in [1.807, 2.05) is 46.6 Å². The van der Waals surface area contributed by atoms with E-state index in [1.54, 1.807) is 30.5 Å². The van der Waals surface area contributed by atoms with Crippen molar-refractivity contribution in [2.45, 2.75) is 31.9 Å². The van der Waals surface area contributed by atoms with Crippen molar-refractivity contribution < 1.29 is 27.5 Å². The van der Waals surface area contributed by atoms with Crippen LogP contribution in [-0.2, 0) is 15.7 Å². The Morgan fingerprint density at radius 2 is 1.77 bits per heavy atom. The zero-order valence-corrected chi connectivity index (χ0v) is 26.0. The lowest BCUT2D eigenvalue weighted by atomic mass is 9.85. The van der Waals surface area contributed by atoms with Crippen molar-refractivity contribution in [3.63, 3.8) is 0 Å². The molecular weight excluding hydrogens is 623 g/mol. The highest BCUT2D eigenvalue weighted by Crippen LogP contribution is 2.39. The number of anilines is 2. The Morgan fingerprint density at radius 1 is 1.02 bits per heavy atom. The van der Waals surface area contributed by atoms with Crippen LogP contribution in [-0.4, -0.2) is 62.4 Å². The third-order valence-electron chi connectivity index (χ3n) is 8.96. The fraction of sp³-hybridized carbons (Fsp3) is 0.286. The van der Waals surface area contributed by atoms with Gasteiger partial charge in [-0.15, -0.1) is 0 Å². The Bertz CT molecular complexity index is 2010. The summed E-state index contributed by atoms with van der Waals surface area (Å²) in [6, 6.07) is 18.0. The summed E-state index contributed by atoms with van der Waals surface area (Å²) in [7, 11) is 0. The van der Waals surface area contributed by atoms with E-state index in [1.165, 1.54) is 0 Å². The first-order chi connectivity index (χ1) is 23.0. The number of ether oxygens (including phenoxy) is 1. The van der Waals surface area contributed by atoms with E-state index in [-0.39, 0.29) is 29.0 Å². The van der Waals surface area contributed by atoms with Crippen LogP contribution in [0.1, 0.15) is 47.4 Å². The molecule has 2 saturated heterocycles. The summed E-state index contributed by atoms with van der Waals surface area (Å²) < 4.78 is 46.8. The monoisotopic (exact) mass is 655 g/mol. The predicted octanol–water partition coefficient (Wildman–Crippen LogP) is 6.05. The number of imidazole rings is 1. The van der Waals surface area contributed by atoms with Crippen molar-refractivity contribution >= 4 is 29.0 Å². The van der Waals surface area contributed by atoms with Crippen LogP contribution in [0.3, 0.4) is 0 Å². The minimum Gasteiger partial charge on any atom is -0.382 e. The molecule has 1 unspecified atom stereocenters. The van der Waals surface area contributed by atoms with Crippen LogP contribution in [0, 0.1) is 5.41 Å².